The maximum Gasteiger partial charge on any atom is 0.416 e. The second-order valence-corrected chi connectivity index (χ2v) is 6.89. The van der Waals surface area contributed by atoms with E-state index in [2.05, 4.69) is 15.5 Å². The monoisotopic (exact) mass is 407 g/mol. The Hall–Kier alpha value is -2.58. The van der Waals surface area contributed by atoms with Crippen molar-refractivity contribution < 1.29 is 22.7 Å². The summed E-state index contributed by atoms with van der Waals surface area (Å²) in [7, 11) is 0. The molecule has 1 saturated heterocycles. The van der Waals surface area contributed by atoms with Crippen molar-refractivity contribution in [2.75, 3.05) is 26.3 Å². The van der Waals surface area contributed by atoms with Crippen LogP contribution in [-0.2, 0) is 30.5 Å². The average Bonchev–Trinajstić information content (AvgIpc) is 2.72. The minimum Gasteiger partial charge on any atom is -0.379 e. The van der Waals surface area contributed by atoms with Gasteiger partial charge in [-0.1, -0.05) is 36.4 Å². The average molecular weight is 407 g/mol. The zero-order valence-electron chi connectivity index (χ0n) is 16.0. The molecular weight excluding hydrogens is 383 g/mol. The highest BCUT2D eigenvalue weighted by Gasteiger charge is 2.30. The second-order valence-electron chi connectivity index (χ2n) is 6.89. The van der Waals surface area contributed by atoms with Gasteiger partial charge in [-0.15, -0.1) is 0 Å². The van der Waals surface area contributed by atoms with Crippen molar-refractivity contribution in [3.05, 3.63) is 70.8 Å². The molecule has 2 aromatic carbocycles. The highest BCUT2D eigenvalue weighted by Crippen LogP contribution is 2.29. The number of nitrogens with zero attached hydrogens (tertiary/aromatic N) is 1. The third kappa shape index (κ3) is 6.47. The number of hydrogen-bond acceptors (Lipinski definition) is 3. The van der Waals surface area contributed by atoms with Gasteiger partial charge >= 0.3 is 12.2 Å². The van der Waals surface area contributed by atoms with E-state index in [1.54, 1.807) is 6.07 Å². The molecule has 1 aliphatic heterocycles. The van der Waals surface area contributed by atoms with Crippen LogP contribution in [0.1, 0.15) is 22.3 Å². The summed E-state index contributed by atoms with van der Waals surface area (Å²) in [5, 5.41) is 5.38. The van der Waals surface area contributed by atoms with E-state index in [0.29, 0.717) is 12.1 Å². The molecule has 2 amide bonds. The van der Waals surface area contributed by atoms with Gasteiger partial charge in [0.1, 0.15) is 0 Å². The first-order valence-corrected chi connectivity index (χ1v) is 9.46. The van der Waals surface area contributed by atoms with E-state index >= 15 is 0 Å². The molecule has 0 radical (unpaired) electrons. The van der Waals surface area contributed by atoms with Crippen molar-refractivity contribution >= 4 is 6.03 Å². The Morgan fingerprint density at radius 2 is 1.66 bits per heavy atom. The molecule has 0 aromatic heterocycles. The van der Waals surface area contributed by atoms with E-state index in [9.17, 15) is 18.0 Å². The number of carbonyl (C=O) groups excluding carboxylic acids is 1. The Morgan fingerprint density at radius 1 is 0.966 bits per heavy atom. The van der Waals surface area contributed by atoms with Crippen LogP contribution in [0.25, 0.3) is 0 Å². The lowest BCUT2D eigenvalue weighted by Gasteiger charge is -2.27. The van der Waals surface area contributed by atoms with Gasteiger partial charge < -0.3 is 15.4 Å². The summed E-state index contributed by atoms with van der Waals surface area (Å²) in [6.45, 7) is 4.34. The number of alkyl halides is 3. The molecule has 0 spiro atoms. The summed E-state index contributed by atoms with van der Waals surface area (Å²) < 4.78 is 43.7. The first-order valence-electron chi connectivity index (χ1n) is 9.46. The number of benzene rings is 2. The van der Waals surface area contributed by atoms with Crippen molar-refractivity contribution in [1.82, 2.24) is 15.5 Å². The summed E-state index contributed by atoms with van der Waals surface area (Å²) in [4.78, 5) is 14.4. The standard InChI is InChI=1S/C21H24F3N3O2/c22-21(23,24)19-7-3-4-16(12-19)13-25-20(28)26-14-17-5-1-2-6-18(17)15-27-8-10-29-11-9-27/h1-7,12H,8-11,13-15H2,(H2,25,26,28). The minimum atomic E-state index is -4.40. The predicted octanol–water partition coefficient (Wildman–Crippen LogP) is 3.54. The lowest BCUT2D eigenvalue weighted by Crippen LogP contribution is -2.37. The predicted molar refractivity (Wildman–Crippen MR) is 103 cm³/mol. The van der Waals surface area contributed by atoms with Gasteiger partial charge in [-0.2, -0.15) is 13.2 Å². The van der Waals surface area contributed by atoms with Crippen LogP contribution >= 0.6 is 0 Å². The van der Waals surface area contributed by atoms with Gasteiger partial charge in [0, 0.05) is 32.7 Å². The molecule has 8 heteroatoms. The topological polar surface area (TPSA) is 53.6 Å². The van der Waals surface area contributed by atoms with E-state index < -0.39 is 17.8 Å². The van der Waals surface area contributed by atoms with Crippen LogP contribution in [0, 0.1) is 0 Å². The summed E-state index contributed by atoms with van der Waals surface area (Å²) in [6.07, 6.45) is -4.40. The molecule has 29 heavy (non-hydrogen) atoms. The summed E-state index contributed by atoms with van der Waals surface area (Å²) >= 11 is 0. The first-order chi connectivity index (χ1) is 13.9. The highest BCUT2D eigenvalue weighted by molar-refractivity contribution is 5.73. The molecule has 3 rings (SSSR count). The fraction of sp³-hybridized carbons (Fsp3) is 0.381. The Balaban J connectivity index is 1.51. The highest BCUT2D eigenvalue weighted by atomic mass is 19.4. The number of amides is 2. The molecule has 1 fully saturated rings. The number of ether oxygens (including phenoxy) is 1. The number of morpholine rings is 1. The lowest BCUT2D eigenvalue weighted by atomic mass is 10.1. The Kier molecular flexibility index (Phi) is 7.11. The van der Waals surface area contributed by atoms with Crippen molar-refractivity contribution in [2.45, 2.75) is 25.8 Å². The number of hydrogen-bond donors (Lipinski definition) is 2. The van der Waals surface area contributed by atoms with Gasteiger partial charge in [-0.3, -0.25) is 4.90 Å². The molecule has 2 aromatic rings. The molecule has 0 unspecified atom stereocenters. The SMILES string of the molecule is O=C(NCc1cccc(C(F)(F)F)c1)NCc1ccccc1CN1CCOCC1. The molecule has 5 nitrogen and oxygen atoms in total. The number of rotatable bonds is 6. The smallest absolute Gasteiger partial charge is 0.379 e. The molecule has 0 saturated carbocycles. The maximum absolute atomic E-state index is 12.8. The van der Waals surface area contributed by atoms with E-state index in [0.717, 1.165) is 56.1 Å². The number of nitrogens with one attached hydrogen (secondary N) is 2. The zero-order chi connectivity index (χ0) is 20.7. The Labute approximate surface area is 167 Å². The van der Waals surface area contributed by atoms with Gasteiger partial charge in [-0.05, 0) is 28.8 Å². The normalized spacial score (nSPS) is 15.1. The lowest BCUT2D eigenvalue weighted by molar-refractivity contribution is -0.137. The molecule has 1 heterocycles. The van der Waals surface area contributed by atoms with Gasteiger partial charge in [0.2, 0.25) is 0 Å². The Bertz CT molecular complexity index is 821. The quantitative estimate of drug-likeness (QED) is 0.770. The molecular formula is C21H24F3N3O2. The Morgan fingerprint density at radius 3 is 2.38 bits per heavy atom. The van der Waals surface area contributed by atoms with Gasteiger partial charge in [-0.25, -0.2) is 4.79 Å². The third-order valence-corrected chi connectivity index (χ3v) is 4.76. The van der Waals surface area contributed by atoms with Gasteiger partial charge in [0.15, 0.2) is 0 Å². The van der Waals surface area contributed by atoms with Crippen molar-refractivity contribution in [3.8, 4) is 0 Å². The third-order valence-electron chi connectivity index (χ3n) is 4.76. The van der Waals surface area contributed by atoms with Crippen LogP contribution in [0.15, 0.2) is 48.5 Å². The van der Waals surface area contributed by atoms with Crippen molar-refractivity contribution in [1.29, 1.82) is 0 Å². The summed E-state index contributed by atoms with van der Waals surface area (Å²) in [5.41, 5.74) is 1.80. The fourth-order valence-electron chi connectivity index (χ4n) is 3.16. The molecule has 0 bridgehead atoms. The van der Waals surface area contributed by atoms with Gasteiger partial charge in [0.25, 0.3) is 0 Å². The van der Waals surface area contributed by atoms with Crippen molar-refractivity contribution in [3.63, 3.8) is 0 Å². The number of halogens is 3. The van der Waals surface area contributed by atoms with Crippen LogP contribution in [0.2, 0.25) is 0 Å². The van der Waals surface area contributed by atoms with E-state index in [4.69, 9.17) is 4.74 Å². The maximum atomic E-state index is 12.8. The van der Waals surface area contributed by atoms with Crippen LogP contribution in [-0.4, -0.2) is 37.2 Å². The van der Waals surface area contributed by atoms with E-state index in [-0.39, 0.29) is 6.54 Å². The first kappa shape index (κ1) is 21.1. The second kappa shape index (κ2) is 9.76. The summed E-state index contributed by atoms with van der Waals surface area (Å²) in [5.74, 6) is 0. The van der Waals surface area contributed by atoms with Crippen LogP contribution < -0.4 is 10.6 Å². The zero-order valence-corrected chi connectivity index (χ0v) is 16.0. The minimum absolute atomic E-state index is 0.0190. The summed E-state index contributed by atoms with van der Waals surface area (Å²) in [6, 6.07) is 12.4. The van der Waals surface area contributed by atoms with E-state index in [1.807, 2.05) is 24.3 Å². The largest absolute Gasteiger partial charge is 0.416 e. The van der Waals surface area contributed by atoms with Gasteiger partial charge in [0.05, 0.1) is 18.8 Å². The van der Waals surface area contributed by atoms with E-state index in [1.165, 1.54) is 6.07 Å². The molecule has 1 aliphatic rings. The molecule has 0 atom stereocenters. The van der Waals surface area contributed by atoms with Crippen molar-refractivity contribution in [2.24, 2.45) is 0 Å². The van der Waals surface area contributed by atoms with Crippen LogP contribution in [0.4, 0.5) is 18.0 Å². The molecule has 156 valence electrons. The molecule has 2 N–H and O–H groups in total. The number of urea groups is 1. The fourth-order valence-corrected chi connectivity index (χ4v) is 3.16. The number of carbonyl (C=O) groups is 1. The van der Waals surface area contributed by atoms with Crippen LogP contribution in [0.3, 0.4) is 0 Å². The van der Waals surface area contributed by atoms with Crippen LogP contribution in [0.5, 0.6) is 0 Å². The molecule has 0 aliphatic carbocycles.